The van der Waals surface area contributed by atoms with Crippen LogP contribution in [0.4, 0.5) is 0 Å². The maximum Gasteiger partial charge on any atom is 0.0417 e. The molecular formula is C14H20BrClN2. The molecule has 1 aliphatic heterocycles. The first-order valence-corrected chi connectivity index (χ1v) is 7.65. The SMILES string of the molecule is CC(N)C1CCCN(Cc2ccc(Cl)cc2Br)C1. The van der Waals surface area contributed by atoms with Crippen molar-refractivity contribution in [2.75, 3.05) is 13.1 Å². The van der Waals surface area contributed by atoms with Crippen LogP contribution in [0.2, 0.25) is 5.02 Å². The predicted octanol–water partition coefficient (Wildman–Crippen LogP) is 3.66. The number of benzene rings is 1. The Labute approximate surface area is 123 Å². The smallest absolute Gasteiger partial charge is 0.0417 e. The lowest BCUT2D eigenvalue weighted by Crippen LogP contribution is -2.41. The molecule has 0 aliphatic carbocycles. The highest BCUT2D eigenvalue weighted by Crippen LogP contribution is 2.25. The van der Waals surface area contributed by atoms with Crippen molar-refractivity contribution in [1.82, 2.24) is 4.90 Å². The topological polar surface area (TPSA) is 29.3 Å². The first-order valence-electron chi connectivity index (χ1n) is 6.48. The lowest BCUT2D eigenvalue weighted by atomic mass is 9.92. The Hall–Kier alpha value is -0.0900. The number of rotatable bonds is 3. The van der Waals surface area contributed by atoms with Crippen molar-refractivity contribution in [1.29, 1.82) is 0 Å². The molecule has 0 amide bonds. The fourth-order valence-corrected chi connectivity index (χ4v) is 3.36. The van der Waals surface area contributed by atoms with E-state index >= 15 is 0 Å². The minimum Gasteiger partial charge on any atom is -0.328 e. The molecule has 1 aromatic carbocycles. The van der Waals surface area contributed by atoms with Gasteiger partial charge in [-0.3, -0.25) is 4.90 Å². The summed E-state index contributed by atoms with van der Waals surface area (Å²) in [6.45, 7) is 5.36. The van der Waals surface area contributed by atoms with E-state index in [1.807, 2.05) is 12.1 Å². The molecule has 1 aromatic rings. The van der Waals surface area contributed by atoms with Crippen LogP contribution in [0.15, 0.2) is 22.7 Å². The van der Waals surface area contributed by atoms with Crippen LogP contribution in [-0.2, 0) is 6.54 Å². The highest BCUT2D eigenvalue weighted by atomic mass is 79.9. The van der Waals surface area contributed by atoms with Gasteiger partial charge in [0.15, 0.2) is 0 Å². The first-order chi connectivity index (χ1) is 8.56. The molecule has 2 unspecified atom stereocenters. The average molecular weight is 332 g/mol. The fourth-order valence-electron chi connectivity index (χ4n) is 2.55. The molecule has 1 saturated heterocycles. The van der Waals surface area contributed by atoms with Crippen molar-refractivity contribution >= 4 is 27.5 Å². The van der Waals surface area contributed by atoms with E-state index in [4.69, 9.17) is 17.3 Å². The number of likely N-dealkylation sites (tertiary alicyclic amines) is 1. The highest BCUT2D eigenvalue weighted by molar-refractivity contribution is 9.10. The Morgan fingerprint density at radius 2 is 2.33 bits per heavy atom. The molecule has 2 nitrogen and oxygen atoms in total. The standard InChI is InChI=1S/C14H20BrClN2/c1-10(17)11-3-2-6-18(8-11)9-12-4-5-13(16)7-14(12)15/h4-5,7,10-11H,2-3,6,8-9,17H2,1H3. The second-order valence-corrected chi connectivity index (χ2v) is 6.52. The van der Waals surface area contributed by atoms with Gasteiger partial charge in [-0.05, 0) is 49.9 Å². The molecule has 1 fully saturated rings. The van der Waals surface area contributed by atoms with Gasteiger partial charge in [0, 0.05) is 28.6 Å². The number of nitrogens with zero attached hydrogens (tertiary/aromatic N) is 1. The zero-order valence-corrected chi connectivity index (χ0v) is 13.0. The van der Waals surface area contributed by atoms with E-state index in [9.17, 15) is 0 Å². The fraction of sp³-hybridized carbons (Fsp3) is 0.571. The van der Waals surface area contributed by atoms with Crippen LogP contribution < -0.4 is 5.73 Å². The van der Waals surface area contributed by atoms with E-state index in [-0.39, 0.29) is 0 Å². The summed E-state index contributed by atoms with van der Waals surface area (Å²) in [6, 6.07) is 6.31. The van der Waals surface area contributed by atoms with E-state index in [1.54, 1.807) is 0 Å². The van der Waals surface area contributed by atoms with Crippen molar-refractivity contribution in [2.24, 2.45) is 11.7 Å². The minimum atomic E-state index is 0.293. The summed E-state index contributed by atoms with van der Waals surface area (Å²) in [5.74, 6) is 0.629. The van der Waals surface area contributed by atoms with E-state index in [0.717, 1.165) is 29.1 Å². The van der Waals surface area contributed by atoms with Crippen molar-refractivity contribution < 1.29 is 0 Å². The monoisotopic (exact) mass is 330 g/mol. The molecule has 1 heterocycles. The van der Waals surface area contributed by atoms with Crippen LogP contribution in [0, 0.1) is 5.92 Å². The number of piperidine rings is 1. The van der Waals surface area contributed by atoms with E-state index in [0.29, 0.717) is 12.0 Å². The molecule has 2 N–H and O–H groups in total. The van der Waals surface area contributed by atoms with Crippen LogP contribution in [0.1, 0.15) is 25.3 Å². The van der Waals surface area contributed by atoms with E-state index in [2.05, 4.69) is 33.8 Å². The molecule has 0 radical (unpaired) electrons. The third kappa shape index (κ3) is 3.70. The molecule has 1 aliphatic rings. The van der Waals surface area contributed by atoms with E-state index in [1.165, 1.54) is 18.4 Å². The summed E-state index contributed by atoms with van der Waals surface area (Å²) in [6.07, 6.45) is 2.51. The third-order valence-electron chi connectivity index (χ3n) is 3.69. The molecule has 2 rings (SSSR count). The molecule has 4 heteroatoms. The summed E-state index contributed by atoms with van der Waals surface area (Å²) in [7, 11) is 0. The largest absolute Gasteiger partial charge is 0.328 e. The Kier molecular flexibility index (Phi) is 5.07. The zero-order chi connectivity index (χ0) is 13.1. The highest BCUT2D eigenvalue weighted by Gasteiger charge is 2.22. The minimum absolute atomic E-state index is 0.293. The van der Waals surface area contributed by atoms with Gasteiger partial charge in [-0.25, -0.2) is 0 Å². The molecule has 2 atom stereocenters. The second-order valence-electron chi connectivity index (χ2n) is 5.23. The Bertz CT molecular complexity index is 409. The Balaban J connectivity index is 2.00. The van der Waals surface area contributed by atoms with Crippen LogP contribution in [0.3, 0.4) is 0 Å². The lowest BCUT2D eigenvalue weighted by Gasteiger charge is -2.34. The molecule has 100 valence electrons. The van der Waals surface area contributed by atoms with Gasteiger partial charge in [0.2, 0.25) is 0 Å². The summed E-state index contributed by atoms with van der Waals surface area (Å²) in [4.78, 5) is 2.49. The van der Waals surface area contributed by atoms with Crippen LogP contribution in [0.5, 0.6) is 0 Å². The molecule has 0 spiro atoms. The molecule has 0 bridgehead atoms. The summed E-state index contributed by atoms with van der Waals surface area (Å²) >= 11 is 9.55. The quantitative estimate of drug-likeness (QED) is 0.916. The van der Waals surface area contributed by atoms with Gasteiger partial charge < -0.3 is 5.73 Å². The van der Waals surface area contributed by atoms with Gasteiger partial charge in [0.25, 0.3) is 0 Å². The van der Waals surface area contributed by atoms with Crippen molar-refractivity contribution in [3.63, 3.8) is 0 Å². The number of hydrogen-bond donors (Lipinski definition) is 1. The van der Waals surface area contributed by atoms with Crippen molar-refractivity contribution in [2.45, 2.75) is 32.4 Å². The summed E-state index contributed by atoms with van der Waals surface area (Å²) in [5, 5.41) is 0.776. The molecule has 0 saturated carbocycles. The summed E-state index contributed by atoms with van der Waals surface area (Å²) < 4.78 is 1.10. The number of nitrogens with two attached hydrogens (primary N) is 1. The Morgan fingerprint density at radius 1 is 1.56 bits per heavy atom. The normalized spacial score (nSPS) is 23.0. The van der Waals surface area contributed by atoms with Gasteiger partial charge in [-0.2, -0.15) is 0 Å². The number of halogens is 2. The van der Waals surface area contributed by atoms with Crippen molar-refractivity contribution in [3.05, 3.63) is 33.3 Å². The summed E-state index contributed by atoms with van der Waals surface area (Å²) in [5.41, 5.74) is 7.32. The second kappa shape index (κ2) is 6.38. The van der Waals surface area contributed by atoms with Crippen molar-refractivity contribution in [3.8, 4) is 0 Å². The van der Waals surface area contributed by atoms with Gasteiger partial charge >= 0.3 is 0 Å². The van der Waals surface area contributed by atoms with Crippen LogP contribution in [-0.4, -0.2) is 24.0 Å². The Morgan fingerprint density at radius 3 is 3.00 bits per heavy atom. The van der Waals surface area contributed by atoms with Gasteiger partial charge in [-0.15, -0.1) is 0 Å². The molecule has 18 heavy (non-hydrogen) atoms. The average Bonchev–Trinajstić information content (AvgIpc) is 2.33. The lowest BCUT2D eigenvalue weighted by molar-refractivity contribution is 0.154. The maximum atomic E-state index is 6.02. The van der Waals surface area contributed by atoms with Gasteiger partial charge in [0.1, 0.15) is 0 Å². The zero-order valence-electron chi connectivity index (χ0n) is 10.7. The first kappa shape index (κ1) is 14.3. The molecule has 0 aromatic heterocycles. The molecular weight excluding hydrogens is 312 g/mol. The van der Waals surface area contributed by atoms with Gasteiger partial charge in [0.05, 0.1) is 0 Å². The predicted molar refractivity (Wildman–Crippen MR) is 80.8 cm³/mol. The van der Waals surface area contributed by atoms with Crippen LogP contribution >= 0.6 is 27.5 Å². The van der Waals surface area contributed by atoms with Crippen LogP contribution in [0.25, 0.3) is 0 Å². The van der Waals surface area contributed by atoms with E-state index < -0.39 is 0 Å². The number of hydrogen-bond acceptors (Lipinski definition) is 2. The van der Waals surface area contributed by atoms with Gasteiger partial charge in [-0.1, -0.05) is 33.6 Å². The maximum absolute atomic E-state index is 6.02. The third-order valence-corrected chi connectivity index (χ3v) is 4.67.